The molecule has 1 N–H and O–H groups in total. The number of nitrogens with zero attached hydrogens (tertiary/aromatic N) is 1. The predicted octanol–water partition coefficient (Wildman–Crippen LogP) is 7.36. The molecule has 0 atom stereocenters. The molecule has 0 aliphatic rings. The highest BCUT2D eigenvalue weighted by atomic mass is 79.9. The van der Waals surface area contributed by atoms with Gasteiger partial charge in [0, 0.05) is 10.2 Å². The standard InChI is InChI=1S/C25H17Br2F3N2O3/c1-34-22-11-16(10-21(27)23(22)35-14-15-5-7-19(26)8-6-15)9-17(13-31)24(33)32-20-4-2-3-18(12-20)25(28,29)30/h2-12H,14H2,1H3,(H,32,33)/b17-9+. The van der Waals surface area contributed by atoms with Crippen molar-refractivity contribution in [3.8, 4) is 17.6 Å². The van der Waals surface area contributed by atoms with Gasteiger partial charge in [-0.1, -0.05) is 34.1 Å². The van der Waals surface area contributed by atoms with Gasteiger partial charge in [0.05, 0.1) is 17.1 Å². The predicted molar refractivity (Wildman–Crippen MR) is 133 cm³/mol. The topological polar surface area (TPSA) is 71.3 Å². The molecule has 10 heteroatoms. The van der Waals surface area contributed by atoms with Crippen LogP contribution in [0.25, 0.3) is 6.08 Å². The lowest BCUT2D eigenvalue weighted by atomic mass is 10.1. The maximum absolute atomic E-state index is 12.9. The second-order valence-corrected chi connectivity index (χ2v) is 8.92. The molecule has 0 unspecified atom stereocenters. The second-order valence-electron chi connectivity index (χ2n) is 7.15. The number of halogens is 5. The first-order valence-electron chi connectivity index (χ1n) is 9.96. The molecule has 0 aliphatic heterocycles. The third-order valence-electron chi connectivity index (χ3n) is 4.67. The lowest BCUT2D eigenvalue weighted by Gasteiger charge is -2.14. The lowest BCUT2D eigenvalue weighted by Crippen LogP contribution is -2.14. The third kappa shape index (κ3) is 7.10. The number of alkyl halides is 3. The highest BCUT2D eigenvalue weighted by Gasteiger charge is 2.30. The highest BCUT2D eigenvalue weighted by Crippen LogP contribution is 2.38. The lowest BCUT2D eigenvalue weighted by molar-refractivity contribution is -0.137. The Hall–Kier alpha value is -3.29. The van der Waals surface area contributed by atoms with Crippen LogP contribution in [0.5, 0.6) is 11.5 Å². The van der Waals surface area contributed by atoms with Gasteiger partial charge < -0.3 is 14.8 Å². The SMILES string of the molecule is COc1cc(/C=C(\C#N)C(=O)Nc2cccc(C(F)(F)F)c2)cc(Br)c1OCc1ccc(Br)cc1. The van der Waals surface area contributed by atoms with E-state index in [1.54, 1.807) is 18.2 Å². The summed E-state index contributed by atoms with van der Waals surface area (Å²) >= 11 is 6.80. The molecule has 0 bridgehead atoms. The van der Waals surface area contributed by atoms with E-state index in [2.05, 4.69) is 37.2 Å². The van der Waals surface area contributed by atoms with Gasteiger partial charge in [0.25, 0.3) is 5.91 Å². The van der Waals surface area contributed by atoms with Gasteiger partial charge in [0.2, 0.25) is 0 Å². The smallest absolute Gasteiger partial charge is 0.416 e. The first-order valence-corrected chi connectivity index (χ1v) is 11.5. The van der Waals surface area contributed by atoms with Crippen molar-refractivity contribution >= 4 is 49.5 Å². The summed E-state index contributed by atoms with van der Waals surface area (Å²) in [5, 5.41) is 11.8. The fourth-order valence-electron chi connectivity index (χ4n) is 2.99. The van der Waals surface area contributed by atoms with E-state index in [0.29, 0.717) is 21.5 Å². The quantitative estimate of drug-likeness (QED) is 0.224. The van der Waals surface area contributed by atoms with E-state index in [0.717, 1.165) is 22.2 Å². The maximum atomic E-state index is 12.9. The Bertz CT molecular complexity index is 1300. The highest BCUT2D eigenvalue weighted by molar-refractivity contribution is 9.10. The Morgan fingerprint density at radius 2 is 1.83 bits per heavy atom. The number of hydrogen-bond donors (Lipinski definition) is 1. The molecule has 5 nitrogen and oxygen atoms in total. The van der Waals surface area contributed by atoms with Gasteiger partial charge in [-0.25, -0.2) is 0 Å². The minimum Gasteiger partial charge on any atom is -0.493 e. The number of hydrogen-bond acceptors (Lipinski definition) is 4. The summed E-state index contributed by atoms with van der Waals surface area (Å²) in [5.41, 5.74) is 0.0797. The number of anilines is 1. The average molecular weight is 610 g/mol. The summed E-state index contributed by atoms with van der Waals surface area (Å²) in [6, 6.07) is 16.8. The van der Waals surface area contributed by atoms with Crippen molar-refractivity contribution < 1.29 is 27.4 Å². The van der Waals surface area contributed by atoms with Crippen LogP contribution in [0.15, 0.2) is 75.2 Å². The normalized spacial score (nSPS) is 11.5. The molecule has 3 rings (SSSR count). The monoisotopic (exact) mass is 608 g/mol. The fraction of sp³-hybridized carbons (Fsp3) is 0.120. The Morgan fingerprint density at radius 3 is 2.46 bits per heavy atom. The van der Waals surface area contributed by atoms with Gasteiger partial charge in [-0.15, -0.1) is 0 Å². The van der Waals surface area contributed by atoms with Crippen LogP contribution in [0.1, 0.15) is 16.7 Å². The van der Waals surface area contributed by atoms with Gasteiger partial charge >= 0.3 is 6.18 Å². The van der Waals surface area contributed by atoms with Crippen molar-refractivity contribution in [1.29, 1.82) is 5.26 Å². The summed E-state index contributed by atoms with van der Waals surface area (Å²) in [7, 11) is 1.45. The van der Waals surface area contributed by atoms with E-state index in [-0.39, 0.29) is 17.9 Å². The summed E-state index contributed by atoms with van der Waals surface area (Å²) < 4.78 is 51.5. The van der Waals surface area contributed by atoms with E-state index >= 15 is 0 Å². The molecule has 1 amide bonds. The van der Waals surface area contributed by atoms with Crippen molar-refractivity contribution in [3.05, 3.63) is 91.9 Å². The molecule has 3 aromatic rings. The molecule has 0 spiro atoms. The number of nitriles is 1. The number of benzene rings is 3. The molecular formula is C25H17Br2F3N2O3. The number of carbonyl (C=O) groups excluding carboxylic acids is 1. The van der Waals surface area contributed by atoms with Crippen LogP contribution in [0.2, 0.25) is 0 Å². The molecule has 3 aromatic carbocycles. The van der Waals surface area contributed by atoms with E-state index in [1.165, 1.54) is 25.3 Å². The zero-order valence-electron chi connectivity index (χ0n) is 18.1. The molecule has 35 heavy (non-hydrogen) atoms. The molecular weight excluding hydrogens is 593 g/mol. The molecule has 0 fully saturated rings. The Kier molecular flexibility index (Phi) is 8.59. The van der Waals surface area contributed by atoms with Crippen LogP contribution >= 0.6 is 31.9 Å². The third-order valence-corrected chi connectivity index (χ3v) is 5.79. The largest absolute Gasteiger partial charge is 0.493 e. The molecule has 0 saturated heterocycles. The number of carbonyl (C=O) groups is 1. The summed E-state index contributed by atoms with van der Waals surface area (Å²) in [4.78, 5) is 12.5. The van der Waals surface area contributed by atoms with E-state index in [9.17, 15) is 23.2 Å². The molecule has 0 aliphatic carbocycles. The number of ether oxygens (including phenoxy) is 2. The number of methoxy groups -OCH3 is 1. The van der Waals surface area contributed by atoms with Crippen LogP contribution in [0, 0.1) is 11.3 Å². The van der Waals surface area contributed by atoms with Crippen LogP contribution in [0.4, 0.5) is 18.9 Å². The number of amides is 1. The fourth-order valence-corrected chi connectivity index (χ4v) is 3.82. The van der Waals surface area contributed by atoms with Crippen LogP contribution in [-0.2, 0) is 17.6 Å². The number of rotatable bonds is 7. The van der Waals surface area contributed by atoms with E-state index in [4.69, 9.17) is 9.47 Å². The van der Waals surface area contributed by atoms with Crippen molar-refractivity contribution in [2.45, 2.75) is 12.8 Å². The van der Waals surface area contributed by atoms with Gasteiger partial charge in [-0.3, -0.25) is 4.79 Å². The summed E-state index contributed by atoms with van der Waals surface area (Å²) in [6.07, 6.45) is -3.26. The Balaban J connectivity index is 1.81. The molecule has 0 aromatic heterocycles. The summed E-state index contributed by atoms with van der Waals surface area (Å²) in [5.74, 6) is -0.0599. The molecule has 0 heterocycles. The maximum Gasteiger partial charge on any atom is 0.416 e. The zero-order valence-corrected chi connectivity index (χ0v) is 21.3. The van der Waals surface area contributed by atoms with Crippen LogP contribution < -0.4 is 14.8 Å². The van der Waals surface area contributed by atoms with Crippen molar-refractivity contribution in [2.24, 2.45) is 0 Å². The Morgan fingerprint density at radius 1 is 1.11 bits per heavy atom. The first kappa shape index (κ1) is 26.3. The van der Waals surface area contributed by atoms with Crippen LogP contribution in [0.3, 0.4) is 0 Å². The average Bonchev–Trinajstić information content (AvgIpc) is 2.82. The van der Waals surface area contributed by atoms with Crippen molar-refractivity contribution in [2.75, 3.05) is 12.4 Å². The van der Waals surface area contributed by atoms with E-state index < -0.39 is 17.6 Å². The molecule has 180 valence electrons. The van der Waals surface area contributed by atoms with Gasteiger partial charge in [-0.05, 0) is 75.6 Å². The van der Waals surface area contributed by atoms with Gasteiger partial charge in [0.15, 0.2) is 11.5 Å². The molecule has 0 radical (unpaired) electrons. The minimum absolute atomic E-state index is 0.0820. The minimum atomic E-state index is -4.56. The van der Waals surface area contributed by atoms with Crippen molar-refractivity contribution in [1.82, 2.24) is 0 Å². The summed E-state index contributed by atoms with van der Waals surface area (Å²) in [6.45, 7) is 0.278. The van der Waals surface area contributed by atoms with Crippen LogP contribution in [-0.4, -0.2) is 13.0 Å². The second kappa shape index (κ2) is 11.4. The van der Waals surface area contributed by atoms with Gasteiger partial charge in [0.1, 0.15) is 18.2 Å². The van der Waals surface area contributed by atoms with Gasteiger partial charge in [-0.2, -0.15) is 18.4 Å². The van der Waals surface area contributed by atoms with Crippen molar-refractivity contribution in [3.63, 3.8) is 0 Å². The number of nitrogens with one attached hydrogen (secondary N) is 1. The molecule has 0 saturated carbocycles. The first-order chi connectivity index (χ1) is 16.6. The Labute approximate surface area is 216 Å². The van der Waals surface area contributed by atoms with E-state index in [1.807, 2.05) is 24.3 Å². The zero-order chi connectivity index (χ0) is 25.6.